The molecule has 0 aromatic heterocycles. The molecular formula is C29H27F2N3O2. The average molecular weight is 488 g/mol. The van der Waals surface area contributed by atoms with Crippen LogP contribution in [0.1, 0.15) is 5.56 Å². The van der Waals surface area contributed by atoms with Crippen molar-refractivity contribution in [2.75, 3.05) is 37.6 Å². The highest BCUT2D eigenvalue weighted by Gasteiger charge is 2.24. The summed E-state index contributed by atoms with van der Waals surface area (Å²) >= 11 is 0. The van der Waals surface area contributed by atoms with Gasteiger partial charge in [-0.15, -0.1) is 0 Å². The lowest BCUT2D eigenvalue weighted by molar-refractivity contribution is -0.128. The minimum absolute atomic E-state index is 0.0171. The molecule has 184 valence electrons. The molecule has 0 bridgehead atoms. The van der Waals surface area contributed by atoms with Gasteiger partial charge < -0.3 is 14.5 Å². The fourth-order valence-electron chi connectivity index (χ4n) is 4.38. The zero-order valence-electron chi connectivity index (χ0n) is 19.8. The lowest BCUT2D eigenvalue weighted by Crippen LogP contribution is -2.48. The van der Waals surface area contributed by atoms with Crippen LogP contribution in [0.2, 0.25) is 0 Å². The molecule has 2 aliphatic rings. The van der Waals surface area contributed by atoms with Crippen LogP contribution in [0.15, 0.2) is 96.7 Å². The summed E-state index contributed by atoms with van der Waals surface area (Å²) in [5.74, 6) is 0.486. The molecule has 2 heterocycles. The van der Waals surface area contributed by atoms with E-state index >= 15 is 0 Å². The molecule has 1 saturated heterocycles. The molecular weight excluding hydrogens is 460 g/mol. The van der Waals surface area contributed by atoms with E-state index in [1.165, 1.54) is 24.3 Å². The summed E-state index contributed by atoms with van der Waals surface area (Å²) in [6.07, 6.45) is 5.75. The average Bonchev–Trinajstić information content (AvgIpc) is 2.91. The standard InChI is InChI=1S/C29H27F2N3O2/c30-24-8-6-22(7-9-24)20-32-15-17-33(18-16-32)29(35)23-3-2-14-34(21-23)26-10-12-27(13-11-26)36-28-5-1-4-25(31)19-28/h1-13,19,21H,14-18,20H2. The van der Waals surface area contributed by atoms with Gasteiger partial charge in [0, 0.05) is 57.2 Å². The number of carbonyl (C=O) groups is 1. The van der Waals surface area contributed by atoms with Gasteiger partial charge in [0.2, 0.25) is 0 Å². The molecule has 0 radical (unpaired) electrons. The zero-order valence-corrected chi connectivity index (χ0v) is 19.8. The van der Waals surface area contributed by atoms with Gasteiger partial charge in [-0.25, -0.2) is 8.78 Å². The van der Waals surface area contributed by atoms with E-state index in [1.54, 1.807) is 24.3 Å². The highest BCUT2D eigenvalue weighted by molar-refractivity contribution is 5.97. The highest BCUT2D eigenvalue weighted by atomic mass is 19.1. The van der Waals surface area contributed by atoms with E-state index < -0.39 is 0 Å². The third-order valence-electron chi connectivity index (χ3n) is 6.32. The monoisotopic (exact) mass is 487 g/mol. The Balaban J connectivity index is 1.18. The molecule has 0 unspecified atom stereocenters. The van der Waals surface area contributed by atoms with Crippen LogP contribution in [0.5, 0.6) is 11.5 Å². The topological polar surface area (TPSA) is 36.0 Å². The van der Waals surface area contributed by atoms with Gasteiger partial charge in [-0.05, 0) is 54.1 Å². The Labute approximate surface area is 209 Å². The van der Waals surface area contributed by atoms with Crippen molar-refractivity contribution >= 4 is 11.6 Å². The molecule has 0 saturated carbocycles. The molecule has 5 rings (SSSR count). The first-order valence-electron chi connectivity index (χ1n) is 12.0. The largest absolute Gasteiger partial charge is 0.457 e. The SMILES string of the molecule is O=C(C1=CN(c2ccc(Oc3cccc(F)c3)cc2)CC=C1)N1CCN(Cc2ccc(F)cc2)CC1. The molecule has 1 fully saturated rings. The number of amides is 1. The van der Waals surface area contributed by atoms with E-state index in [0.717, 1.165) is 30.9 Å². The molecule has 0 aliphatic carbocycles. The summed E-state index contributed by atoms with van der Waals surface area (Å²) in [7, 11) is 0. The first-order chi connectivity index (χ1) is 17.5. The lowest BCUT2D eigenvalue weighted by Gasteiger charge is -2.35. The van der Waals surface area contributed by atoms with Crippen molar-refractivity contribution in [3.63, 3.8) is 0 Å². The maximum atomic E-state index is 13.4. The summed E-state index contributed by atoms with van der Waals surface area (Å²) in [5.41, 5.74) is 2.64. The van der Waals surface area contributed by atoms with Gasteiger partial charge in [-0.2, -0.15) is 0 Å². The normalized spacial score (nSPS) is 16.1. The first-order valence-corrected chi connectivity index (χ1v) is 12.0. The first kappa shape index (κ1) is 23.8. The summed E-state index contributed by atoms with van der Waals surface area (Å²) in [6, 6.07) is 20.1. The van der Waals surface area contributed by atoms with Crippen LogP contribution in [0.3, 0.4) is 0 Å². The second-order valence-electron chi connectivity index (χ2n) is 8.89. The zero-order chi connectivity index (χ0) is 24.9. The van der Waals surface area contributed by atoms with Gasteiger partial charge in [0.05, 0.1) is 5.57 Å². The van der Waals surface area contributed by atoms with E-state index in [2.05, 4.69) is 4.90 Å². The fourth-order valence-corrected chi connectivity index (χ4v) is 4.38. The van der Waals surface area contributed by atoms with Crippen molar-refractivity contribution in [2.45, 2.75) is 6.54 Å². The summed E-state index contributed by atoms with van der Waals surface area (Å²) < 4.78 is 32.3. The molecule has 5 nitrogen and oxygen atoms in total. The number of rotatable bonds is 6. The molecule has 2 aliphatic heterocycles. The highest BCUT2D eigenvalue weighted by Crippen LogP contribution is 2.26. The molecule has 36 heavy (non-hydrogen) atoms. The van der Waals surface area contributed by atoms with Crippen LogP contribution in [0, 0.1) is 11.6 Å². The predicted molar refractivity (Wildman–Crippen MR) is 136 cm³/mol. The summed E-state index contributed by atoms with van der Waals surface area (Å²) in [6.45, 7) is 4.26. The third kappa shape index (κ3) is 5.80. The number of benzene rings is 3. The maximum absolute atomic E-state index is 13.4. The Morgan fingerprint density at radius 3 is 2.31 bits per heavy atom. The molecule has 0 atom stereocenters. The smallest absolute Gasteiger partial charge is 0.255 e. The second kappa shape index (κ2) is 10.7. The number of piperazine rings is 1. The van der Waals surface area contributed by atoms with E-state index in [-0.39, 0.29) is 17.5 Å². The molecule has 0 N–H and O–H groups in total. The number of ether oxygens (including phenoxy) is 1. The quantitative estimate of drug-likeness (QED) is 0.469. The summed E-state index contributed by atoms with van der Waals surface area (Å²) in [4.78, 5) is 19.4. The van der Waals surface area contributed by atoms with Crippen LogP contribution >= 0.6 is 0 Å². The van der Waals surface area contributed by atoms with Crippen LogP contribution < -0.4 is 9.64 Å². The van der Waals surface area contributed by atoms with Gasteiger partial charge >= 0.3 is 0 Å². The minimum Gasteiger partial charge on any atom is -0.457 e. The van der Waals surface area contributed by atoms with Crippen molar-refractivity contribution in [1.82, 2.24) is 9.80 Å². The molecule has 0 spiro atoms. The van der Waals surface area contributed by atoms with Crippen molar-refractivity contribution < 1.29 is 18.3 Å². The Morgan fingerprint density at radius 2 is 1.58 bits per heavy atom. The third-order valence-corrected chi connectivity index (χ3v) is 6.32. The maximum Gasteiger partial charge on any atom is 0.255 e. The number of hydrogen-bond donors (Lipinski definition) is 0. The molecule has 1 amide bonds. The van der Waals surface area contributed by atoms with Crippen molar-refractivity contribution in [2.24, 2.45) is 0 Å². The van der Waals surface area contributed by atoms with E-state index in [4.69, 9.17) is 4.74 Å². The van der Waals surface area contributed by atoms with E-state index in [0.29, 0.717) is 36.7 Å². The Bertz CT molecular complexity index is 1260. The Hall–Kier alpha value is -3.97. The molecule has 3 aromatic carbocycles. The van der Waals surface area contributed by atoms with Crippen molar-refractivity contribution in [1.29, 1.82) is 0 Å². The van der Waals surface area contributed by atoms with Gasteiger partial charge in [0.1, 0.15) is 23.1 Å². The number of carbonyl (C=O) groups excluding carboxylic acids is 1. The van der Waals surface area contributed by atoms with Gasteiger partial charge in [-0.3, -0.25) is 9.69 Å². The molecule has 7 heteroatoms. The van der Waals surface area contributed by atoms with Crippen LogP contribution in [0.4, 0.5) is 14.5 Å². The van der Waals surface area contributed by atoms with E-state index in [9.17, 15) is 13.6 Å². The van der Waals surface area contributed by atoms with Gasteiger partial charge in [0.15, 0.2) is 0 Å². The predicted octanol–water partition coefficient (Wildman–Crippen LogP) is 5.36. The number of nitrogens with zero attached hydrogens (tertiary/aromatic N) is 3. The van der Waals surface area contributed by atoms with Crippen LogP contribution in [-0.4, -0.2) is 48.4 Å². The van der Waals surface area contributed by atoms with Crippen LogP contribution in [0.25, 0.3) is 0 Å². The number of hydrogen-bond acceptors (Lipinski definition) is 4. The number of halogens is 2. The van der Waals surface area contributed by atoms with Gasteiger partial charge in [-0.1, -0.05) is 30.4 Å². The Kier molecular flexibility index (Phi) is 7.09. The second-order valence-corrected chi connectivity index (χ2v) is 8.89. The Morgan fingerprint density at radius 1 is 0.833 bits per heavy atom. The fraction of sp³-hybridized carbons (Fsp3) is 0.207. The summed E-state index contributed by atoms with van der Waals surface area (Å²) in [5, 5.41) is 0. The number of anilines is 1. The van der Waals surface area contributed by atoms with Crippen molar-refractivity contribution in [3.8, 4) is 11.5 Å². The van der Waals surface area contributed by atoms with Crippen molar-refractivity contribution in [3.05, 3.63) is 114 Å². The van der Waals surface area contributed by atoms with Crippen LogP contribution in [-0.2, 0) is 11.3 Å². The van der Waals surface area contributed by atoms with E-state index in [1.807, 2.05) is 52.4 Å². The van der Waals surface area contributed by atoms with Gasteiger partial charge in [0.25, 0.3) is 5.91 Å². The minimum atomic E-state index is -0.346. The molecule has 3 aromatic rings. The lowest BCUT2D eigenvalue weighted by atomic mass is 10.1.